The third-order valence-corrected chi connectivity index (χ3v) is 5.28. The number of halogens is 1. The minimum absolute atomic E-state index is 0. The Morgan fingerprint density at radius 3 is 2.54 bits per heavy atom. The smallest absolute Gasteiger partial charge is 0.251 e. The van der Waals surface area contributed by atoms with Crippen LogP contribution in [0.1, 0.15) is 43.0 Å². The van der Waals surface area contributed by atoms with Gasteiger partial charge in [0.05, 0.1) is 6.54 Å². The molecule has 1 spiro atoms. The van der Waals surface area contributed by atoms with Crippen LogP contribution in [0, 0.1) is 5.41 Å². The second-order valence-corrected chi connectivity index (χ2v) is 7.06. The maximum Gasteiger partial charge on any atom is 0.251 e. The highest BCUT2D eigenvalue weighted by molar-refractivity contribution is 14.0. The molecular formula is C19H29IN4O2. The summed E-state index contributed by atoms with van der Waals surface area (Å²) in [5, 5.41) is 15.5. The summed E-state index contributed by atoms with van der Waals surface area (Å²) in [7, 11) is 0. The van der Waals surface area contributed by atoms with Gasteiger partial charge in [0.25, 0.3) is 5.91 Å². The minimum atomic E-state index is -0.144. The molecule has 0 unspecified atom stereocenters. The normalized spacial score (nSPS) is 18.2. The molecule has 1 heterocycles. The van der Waals surface area contributed by atoms with Crippen molar-refractivity contribution in [3.05, 3.63) is 29.8 Å². The van der Waals surface area contributed by atoms with Crippen molar-refractivity contribution in [2.45, 2.75) is 32.6 Å². The molecule has 6 nitrogen and oxygen atoms in total. The zero-order chi connectivity index (χ0) is 17.7. The van der Waals surface area contributed by atoms with Gasteiger partial charge in [-0.1, -0.05) is 6.42 Å². The molecule has 3 rings (SSSR count). The molecule has 2 fully saturated rings. The Hall–Kier alpha value is -1.51. The van der Waals surface area contributed by atoms with E-state index in [9.17, 15) is 9.90 Å². The number of carbonyl (C=O) groups is 1. The first-order valence-electron chi connectivity index (χ1n) is 9.22. The van der Waals surface area contributed by atoms with Crippen molar-refractivity contribution in [2.24, 2.45) is 10.4 Å². The minimum Gasteiger partial charge on any atom is -0.508 e. The third-order valence-electron chi connectivity index (χ3n) is 5.28. The lowest BCUT2D eigenvalue weighted by Crippen LogP contribution is -2.43. The fraction of sp³-hybridized carbons (Fsp3) is 0.579. The number of phenolic OH excluding ortho intramolecular Hbond substituents is 1. The number of aliphatic imine (C=N–C) groups is 1. The Kier molecular flexibility index (Phi) is 7.55. The van der Waals surface area contributed by atoms with Crippen LogP contribution in [0.4, 0.5) is 0 Å². The van der Waals surface area contributed by atoms with Gasteiger partial charge >= 0.3 is 0 Å². The molecule has 7 heteroatoms. The van der Waals surface area contributed by atoms with E-state index in [0.717, 1.165) is 25.6 Å². The van der Waals surface area contributed by atoms with Gasteiger partial charge in [-0.05, 0) is 55.9 Å². The SMILES string of the molecule is CCNC(=NCCNC(=O)c1ccc(O)cc1)N1CCC2(CCC2)C1.I. The van der Waals surface area contributed by atoms with E-state index >= 15 is 0 Å². The molecule has 0 atom stereocenters. The quantitative estimate of drug-likeness (QED) is 0.267. The molecule has 1 aliphatic carbocycles. The van der Waals surface area contributed by atoms with E-state index in [1.807, 2.05) is 0 Å². The van der Waals surface area contributed by atoms with Crippen LogP contribution in [0.5, 0.6) is 5.75 Å². The number of amides is 1. The number of likely N-dealkylation sites (tertiary alicyclic amines) is 1. The standard InChI is InChI=1S/C19H28N4O2.HI/c1-2-20-18(23-13-10-19(14-23)8-3-9-19)22-12-11-21-17(25)15-4-6-16(24)7-5-15;/h4-7,24H,2-3,8-14H2,1H3,(H,20,22)(H,21,25);1H. The van der Waals surface area contributed by atoms with Crippen LogP contribution in [-0.4, -0.2) is 54.6 Å². The lowest BCUT2D eigenvalue weighted by molar-refractivity contribution is 0.0955. The number of hydrogen-bond acceptors (Lipinski definition) is 3. The van der Waals surface area contributed by atoms with Gasteiger partial charge in [0, 0.05) is 31.7 Å². The number of guanidine groups is 1. The van der Waals surface area contributed by atoms with Crippen molar-refractivity contribution in [3.63, 3.8) is 0 Å². The molecule has 1 saturated heterocycles. The van der Waals surface area contributed by atoms with Crippen LogP contribution in [0.25, 0.3) is 0 Å². The van der Waals surface area contributed by atoms with Gasteiger partial charge in [-0.3, -0.25) is 9.79 Å². The number of nitrogens with one attached hydrogen (secondary N) is 2. The van der Waals surface area contributed by atoms with E-state index in [4.69, 9.17) is 0 Å². The van der Waals surface area contributed by atoms with Gasteiger partial charge < -0.3 is 20.6 Å². The van der Waals surface area contributed by atoms with Gasteiger partial charge in [-0.2, -0.15) is 0 Å². The summed E-state index contributed by atoms with van der Waals surface area (Å²) in [6, 6.07) is 6.25. The number of aromatic hydroxyl groups is 1. The van der Waals surface area contributed by atoms with Gasteiger partial charge in [-0.15, -0.1) is 24.0 Å². The van der Waals surface area contributed by atoms with Crippen molar-refractivity contribution in [2.75, 3.05) is 32.7 Å². The number of nitrogens with zero attached hydrogens (tertiary/aromatic N) is 2. The summed E-state index contributed by atoms with van der Waals surface area (Å²) in [5.41, 5.74) is 1.09. The van der Waals surface area contributed by atoms with Crippen molar-refractivity contribution >= 4 is 35.8 Å². The molecule has 0 radical (unpaired) electrons. The number of hydrogen-bond donors (Lipinski definition) is 3. The molecule has 0 bridgehead atoms. The highest BCUT2D eigenvalue weighted by Gasteiger charge is 2.43. The Labute approximate surface area is 172 Å². The Morgan fingerprint density at radius 2 is 1.96 bits per heavy atom. The van der Waals surface area contributed by atoms with E-state index < -0.39 is 0 Å². The second-order valence-electron chi connectivity index (χ2n) is 7.06. The maximum absolute atomic E-state index is 12.0. The van der Waals surface area contributed by atoms with E-state index in [-0.39, 0.29) is 35.6 Å². The zero-order valence-electron chi connectivity index (χ0n) is 15.3. The number of rotatable bonds is 5. The van der Waals surface area contributed by atoms with Crippen LogP contribution in [-0.2, 0) is 0 Å². The summed E-state index contributed by atoms with van der Waals surface area (Å²) >= 11 is 0. The molecule has 2 aliphatic rings. The summed E-state index contributed by atoms with van der Waals surface area (Å²) < 4.78 is 0. The fourth-order valence-corrected chi connectivity index (χ4v) is 3.67. The summed E-state index contributed by atoms with van der Waals surface area (Å²) in [4.78, 5) is 19.1. The number of carbonyl (C=O) groups excluding carboxylic acids is 1. The zero-order valence-corrected chi connectivity index (χ0v) is 17.7. The lowest BCUT2D eigenvalue weighted by Gasteiger charge is -2.38. The maximum atomic E-state index is 12.0. The predicted molar refractivity (Wildman–Crippen MR) is 114 cm³/mol. The topological polar surface area (TPSA) is 77.0 Å². The molecule has 1 aromatic carbocycles. The Balaban J connectivity index is 0.00000243. The first kappa shape index (κ1) is 20.8. The average Bonchev–Trinajstić information content (AvgIpc) is 3.04. The van der Waals surface area contributed by atoms with Crippen LogP contribution in [0.15, 0.2) is 29.3 Å². The highest BCUT2D eigenvalue weighted by Crippen LogP contribution is 2.47. The predicted octanol–water partition coefficient (Wildman–Crippen LogP) is 2.58. The van der Waals surface area contributed by atoms with Gasteiger partial charge in [0.1, 0.15) is 5.75 Å². The number of benzene rings is 1. The monoisotopic (exact) mass is 472 g/mol. The molecule has 0 aromatic heterocycles. The molecule has 1 amide bonds. The van der Waals surface area contributed by atoms with Gasteiger partial charge in [0.2, 0.25) is 0 Å². The van der Waals surface area contributed by atoms with E-state index in [0.29, 0.717) is 24.1 Å². The Bertz CT molecular complexity index is 629. The van der Waals surface area contributed by atoms with Gasteiger partial charge in [-0.25, -0.2) is 0 Å². The van der Waals surface area contributed by atoms with Crippen molar-refractivity contribution < 1.29 is 9.90 Å². The van der Waals surface area contributed by atoms with E-state index in [1.54, 1.807) is 12.1 Å². The van der Waals surface area contributed by atoms with Crippen LogP contribution >= 0.6 is 24.0 Å². The number of phenols is 1. The highest BCUT2D eigenvalue weighted by atomic mass is 127. The first-order valence-corrected chi connectivity index (χ1v) is 9.22. The van der Waals surface area contributed by atoms with E-state index in [1.165, 1.54) is 37.8 Å². The largest absolute Gasteiger partial charge is 0.508 e. The molecule has 1 aromatic rings. The summed E-state index contributed by atoms with van der Waals surface area (Å²) in [6.07, 6.45) is 5.34. The molecule has 3 N–H and O–H groups in total. The van der Waals surface area contributed by atoms with Crippen LogP contribution in [0.2, 0.25) is 0 Å². The van der Waals surface area contributed by atoms with Gasteiger partial charge in [0.15, 0.2) is 5.96 Å². The summed E-state index contributed by atoms with van der Waals surface area (Å²) in [5.74, 6) is 0.978. The van der Waals surface area contributed by atoms with Crippen LogP contribution < -0.4 is 10.6 Å². The Morgan fingerprint density at radius 1 is 1.23 bits per heavy atom. The fourth-order valence-electron chi connectivity index (χ4n) is 3.67. The van der Waals surface area contributed by atoms with Crippen molar-refractivity contribution in [1.29, 1.82) is 0 Å². The van der Waals surface area contributed by atoms with E-state index in [2.05, 4.69) is 27.4 Å². The summed E-state index contributed by atoms with van der Waals surface area (Å²) in [6.45, 7) is 6.16. The first-order chi connectivity index (χ1) is 12.1. The molecule has 144 valence electrons. The second kappa shape index (κ2) is 9.43. The van der Waals surface area contributed by atoms with Crippen molar-refractivity contribution in [3.8, 4) is 5.75 Å². The lowest BCUT2D eigenvalue weighted by atomic mass is 9.68. The molecule has 1 aliphatic heterocycles. The molecule has 26 heavy (non-hydrogen) atoms. The molecular weight excluding hydrogens is 443 g/mol. The molecule has 1 saturated carbocycles. The van der Waals surface area contributed by atoms with Crippen LogP contribution in [0.3, 0.4) is 0 Å². The van der Waals surface area contributed by atoms with Crippen molar-refractivity contribution in [1.82, 2.24) is 15.5 Å². The average molecular weight is 472 g/mol. The third kappa shape index (κ3) is 5.02.